The zero-order valence-electron chi connectivity index (χ0n) is 54.4. The van der Waals surface area contributed by atoms with E-state index >= 15 is 9.59 Å². The van der Waals surface area contributed by atoms with Gasteiger partial charge in [-0.2, -0.15) is 0 Å². The predicted octanol–water partition coefficient (Wildman–Crippen LogP) is 21.9. The van der Waals surface area contributed by atoms with Gasteiger partial charge in [-0.15, -0.1) is 0 Å². The van der Waals surface area contributed by atoms with Crippen molar-refractivity contribution >= 4 is 107 Å². The number of carbonyl (C=O) groups excluding carboxylic acids is 2. The quantitative estimate of drug-likeness (QED) is 0.0985. The van der Waals surface area contributed by atoms with Gasteiger partial charge in [-0.05, 0) is 188 Å². The van der Waals surface area contributed by atoms with E-state index in [0.29, 0.717) is 22.2 Å². The van der Waals surface area contributed by atoms with Crippen molar-refractivity contribution in [3.8, 4) is 33.4 Å². The summed E-state index contributed by atoms with van der Waals surface area (Å²) in [6.45, 7) is 36.0. The van der Waals surface area contributed by atoms with Gasteiger partial charge in [0.25, 0.3) is 11.8 Å². The Hall–Kier alpha value is -9.20. The molecule has 3 aliphatic heterocycles. The van der Waals surface area contributed by atoms with Crippen molar-refractivity contribution in [3.05, 3.63) is 207 Å². The van der Waals surface area contributed by atoms with Crippen LogP contribution in [0.15, 0.2) is 140 Å². The number of anilines is 1. The van der Waals surface area contributed by atoms with Crippen LogP contribution in [0.1, 0.15) is 199 Å². The molecule has 0 fully saturated rings. The summed E-state index contributed by atoms with van der Waals surface area (Å²) in [6, 6.07) is 50.6. The number of aromatic nitrogens is 4. The Bertz CT molecular complexity index is 4870. The number of imide groups is 1. The Labute approximate surface area is 523 Å². The highest BCUT2D eigenvalue weighted by Crippen LogP contribution is 2.49. The first-order valence-electron chi connectivity index (χ1n) is 31.8. The first-order valence-corrected chi connectivity index (χ1v) is 31.8. The molecule has 444 valence electrons. The van der Waals surface area contributed by atoms with Crippen LogP contribution in [0, 0.1) is 0 Å². The van der Waals surface area contributed by atoms with E-state index in [1.54, 1.807) is 0 Å². The van der Waals surface area contributed by atoms with E-state index < -0.39 is 0 Å². The molecule has 8 bridgehead atoms. The first-order chi connectivity index (χ1) is 42.1. The minimum absolute atomic E-state index is 0.0946. The van der Waals surface area contributed by atoms with E-state index in [2.05, 4.69) is 266 Å². The molecule has 7 nitrogen and oxygen atoms in total. The van der Waals surface area contributed by atoms with E-state index in [4.69, 9.17) is 9.97 Å². The molecule has 2 amide bonds. The van der Waals surface area contributed by atoms with Crippen molar-refractivity contribution in [2.24, 2.45) is 0 Å². The smallest absolute Gasteiger partial charge is 0.266 e. The van der Waals surface area contributed by atoms with Crippen LogP contribution in [-0.2, 0) is 21.7 Å². The summed E-state index contributed by atoms with van der Waals surface area (Å²) in [5, 5.41) is 7.90. The molecule has 0 unspecified atom stereocenters. The van der Waals surface area contributed by atoms with Crippen LogP contribution in [-0.4, -0.2) is 31.8 Å². The van der Waals surface area contributed by atoms with Crippen molar-refractivity contribution in [2.45, 2.75) is 144 Å². The monoisotopic (exact) mass is 1170 g/mol. The summed E-state index contributed by atoms with van der Waals surface area (Å²) >= 11 is 0. The topological polar surface area (TPSA) is 94.7 Å². The van der Waals surface area contributed by atoms with Crippen LogP contribution in [0.25, 0.3) is 123 Å². The zero-order chi connectivity index (χ0) is 62.7. The van der Waals surface area contributed by atoms with Gasteiger partial charge >= 0.3 is 0 Å². The molecule has 14 rings (SSSR count). The standard InChI is InChI=1S/C82H79N5O2/c1-44(2)54-19-17-20-55(45(3)4)76(54)87-77(88)62-29-27-59-56-21-18-22-57-61(26-25-58(72(56)57)60-28-30-63(78(87)89)74(62)73(59)60)75-68-35-33-66(85-68)70(46-37-48(79(5,6)7)41-49(38-46)80(8,9)10)64-31-23-52(83-64)43-53-24-32-65(84-53)71(67-34-36-69(75)86-67)47-39-50(81(11,12)13)42-51(40-47)82(14,15)16/h17-45,83,86H,1-16H3. The Morgan fingerprint density at radius 1 is 0.382 bits per heavy atom. The molecule has 89 heavy (non-hydrogen) atoms. The van der Waals surface area contributed by atoms with Gasteiger partial charge in [-0.1, -0.05) is 208 Å². The molecule has 0 aliphatic carbocycles. The lowest BCUT2D eigenvalue weighted by Crippen LogP contribution is -2.41. The second kappa shape index (κ2) is 20.2. The molecule has 0 saturated heterocycles. The van der Waals surface area contributed by atoms with E-state index in [1.165, 1.54) is 27.2 Å². The number of hydrogen-bond donors (Lipinski definition) is 2. The molecule has 6 heterocycles. The molecule has 0 saturated carbocycles. The number of carbonyl (C=O) groups is 2. The molecule has 0 atom stereocenters. The summed E-state index contributed by atoms with van der Waals surface area (Å²) < 4.78 is 0. The Morgan fingerprint density at radius 3 is 1.31 bits per heavy atom. The van der Waals surface area contributed by atoms with E-state index in [0.717, 1.165) is 127 Å². The third kappa shape index (κ3) is 9.45. The van der Waals surface area contributed by atoms with Gasteiger partial charge in [0, 0.05) is 55.3 Å². The fourth-order valence-corrected chi connectivity index (χ4v) is 14.0. The van der Waals surface area contributed by atoms with Crippen LogP contribution in [0.3, 0.4) is 0 Å². The van der Waals surface area contributed by atoms with Gasteiger partial charge < -0.3 is 9.97 Å². The maximum absolute atomic E-state index is 15.2. The number of rotatable bonds is 6. The van der Waals surface area contributed by atoms with Crippen molar-refractivity contribution in [1.29, 1.82) is 0 Å². The average molecular weight is 1170 g/mol. The summed E-state index contributed by atoms with van der Waals surface area (Å²) in [6.07, 6.45) is 8.69. The molecular formula is C82H79N5O2. The lowest BCUT2D eigenvalue weighted by Gasteiger charge is -2.32. The number of amides is 2. The summed E-state index contributed by atoms with van der Waals surface area (Å²) in [4.78, 5) is 51.1. The van der Waals surface area contributed by atoms with Crippen LogP contribution in [0.5, 0.6) is 0 Å². The second-order valence-corrected chi connectivity index (χ2v) is 30.0. The number of aromatic amines is 2. The van der Waals surface area contributed by atoms with Gasteiger partial charge in [0.1, 0.15) is 0 Å². The third-order valence-corrected chi connectivity index (χ3v) is 19.0. The fourth-order valence-electron chi connectivity index (χ4n) is 14.0. The predicted molar refractivity (Wildman–Crippen MR) is 377 cm³/mol. The second-order valence-electron chi connectivity index (χ2n) is 30.0. The lowest BCUT2D eigenvalue weighted by atomic mass is 9.78. The number of nitrogens with zero attached hydrogens (tertiary/aromatic N) is 3. The van der Waals surface area contributed by atoms with Gasteiger partial charge in [-0.25, -0.2) is 14.9 Å². The molecule has 11 aromatic rings. The minimum Gasteiger partial charge on any atom is -0.355 e. The molecule has 3 aliphatic rings. The zero-order valence-corrected chi connectivity index (χ0v) is 54.4. The maximum atomic E-state index is 15.2. The summed E-state index contributed by atoms with van der Waals surface area (Å²) in [5.74, 6) is -0.390. The average Bonchev–Trinajstić information content (AvgIpc) is 1.61. The number of para-hydroxylation sites is 1. The number of nitrogens with one attached hydrogen (secondary N) is 2. The van der Waals surface area contributed by atoms with Crippen LogP contribution in [0.2, 0.25) is 0 Å². The number of hydrogen-bond acceptors (Lipinski definition) is 4. The molecule has 0 spiro atoms. The van der Waals surface area contributed by atoms with Gasteiger partial charge in [0.15, 0.2) is 0 Å². The highest BCUT2D eigenvalue weighted by Gasteiger charge is 2.38. The van der Waals surface area contributed by atoms with Crippen molar-refractivity contribution in [2.75, 3.05) is 4.90 Å². The molecular weight excluding hydrogens is 1090 g/mol. The van der Waals surface area contributed by atoms with Gasteiger partial charge in [0.05, 0.1) is 28.5 Å². The van der Waals surface area contributed by atoms with Crippen LogP contribution >= 0.6 is 0 Å². The summed E-state index contributed by atoms with van der Waals surface area (Å²) in [5.41, 5.74) is 21.8. The van der Waals surface area contributed by atoms with Crippen molar-refractivity contribution < 1.29 is 9.59 Å². The SMILES string of the molecule is CC(C)c1cccc(C(C)C)c1N1C(=O)c2ccc3c4cccc5c(-c6c7nc(c(-c8cc(C(C)(C)C)cc(C(C)(C)C)c8)c8ccc(cc9nc(c(-c%10cc(C(C)(C)C)cc(C(C)(C)C)c%10)c%10ccc6[nH]%10)C=C9)[nH]8)C=C7)ccc(c6ccc(c2c36)C1=O)c54. The van der Waals surface area contributed by atoms with Gasteiger partial charge in [0.2, 0.25) is 0 Å². The minimum atomic E-state index is -0.289. The third-order valence-electron chi connectivity index (χ3n) is 19.0. The van der Waals surface area contributed by atoms with E-state index in [1.807, 2.05) is 18.2 Å². The van der Waals surface area contributed by atoms with E-state index in [-0.39, 0.29) is 45.3 Å². The number of fused-ring (bicyclic) bond motifs is 10. The molecule has 8 aromatic carbocycles. The van der Waals surface area contributed by atoms with Crippen LogP contribution in [0.4, 0.5) is 5.69 Å². The number of H-pyrrole nitrogens is 2. The first kappa shape index (κ1) is 57.5. The molecule has 0 radical (unpaired) electrons. The van der Waals surface area contributed by atoms with E-state index in [9.17, 15) is 0 Å². The normalized spacial score (nSPS) is 14.0. The van der Waals surface area contributed by atoms with Crippen molar-refractivity contribution in [1.82, 2.24) is 19.9 Å². The molecule has 3 aromatic heterocycles. The Balaban J connectivity index is 1.07. The lowest BCUT2D eigenvalue weighted by molar-refractivity contribution is 0.0892. The number of benzene rings is 8. The van der Waals surface area contributed by atoms with Crippen LogP contribution < -0.4 is 4.90 Å². The fraction of sp³-hybridized carbons (Fsp3) is 0.268. The Morgan fingerprint density at radius 2 is 0.798 bits per heavy atom. The van der Waals surface area contributed by atoms with Gasteiger partial charge in [-0.3, -0.25) is 9.59 Å². The highest BCUT2D eigenvalue weighted by molar-refractivity contribution is 6.43. The maximum Gasteiger partial charge on any atom is 0.266 e. The molecule has 7 heteroatoms. The Kier molecular flexibility index (Phi) is 13.0. The highest BCUT2D eigenvalue weighted by atomic mass is 16.2. The van der Waals surface area contributed by atoms with Crippen molar-refractivity contribution in [3.63, 3.8) is 0 Å². The summed E-state index contributed by atoms with van der Waals surface area (Å²) in [7, 11) is 0. The molecule has 2 N–H and O–H groups in total. The largest absolute Gasteiger partial charge is 0.355 e.